The Morgan fingerprint density at radius 3 is 2.88 bits per heavy atom. The molecule has 0 aromatic rings. The van der Waals surface area contributed by atoms with Gasteiger partial charge in [0, 0.05) is 12.7 Å². The van der Waals surface area contributed by atoms with Crippen LogP contribution < -0.4 is 11.2 Å². The summed E-state index contributed by atoms with van der Waals surface area (Å²) in [5.74, 6) is 0.0266. The van der Waals surface area contributed by atoms with E-state index in [1.165, 1.54) is 5.01 Å². The van der Waals surface area contributed by atoms with Gasteiger partial charge in [-0.15, -0.1) is 0 Å². The Bertz CT molecular complexity index is 128. The molecule has 44 valence electrons. The first-order chi connectivity index (χ1) is 3.80. The first-order valence-corrected chi connectivity index (χ1v) is 2.34. The van der Waals surface area contributed by atoms with Crippen molar-refractivity contribution in [3.05, 3.63) is 12.3 Å². The monoisotopic (exact) mass is 112 g/mol. The van der Waals surface area contributed by atoms with Crippen LogP contribution in [-0.2, 0) is 0 Å². The third-order valence-corrected chi connectivity index (χ3v) is 0.893. The van der Waals surface area contributed by atoms with Crippen molar-refractivity contribution < 1.29 is 0 Å². The van der Waals surface area contributed by atoms with Crippen LogP contribution in [0.5, 0.6) is 0 Å². The fourth-order valence-electron chi connectivity index (χ4n) is 0.527. The molecule has 0 aromatic carbocycles. The molecular weight excluding hydrogens is 104 g/mol. The maximum atomic E-state index is 6.88. The first-order valence-electron chi connectivity index (χ1n) is 2.34. The topological polar surface area (TPSA) is 65.1 Å². The summed E-state index contributed by atoms with van der Waals surface area (Å²) in [5, 5.41) is 8.34. The minimum atomic E-state index is 0.0266. The van der Waals surface area contributed by atoms with Gasteiger partial charge in [-0.3, -0.25) is 10.4 Å². The summed E-state index contributed by atoms with van der Waals surface area (Å²) < 4.78 is 0. The maximum Gasteiger partial charge on any atom is 0.207 e. The van der Waals surface area contributed by atoms with Crippen molar-refractivity contribution in [2.75, 3.05) is 6.54 Å². The number of nitrogens with one attached hydrogen (secondary N) is 2. The highest BCUT2D eigenvalue weighted by atomic mass is 15.5. The molecule has 1 rings (SSSR count). The molecular formula is C4H8N4. The van der Waals surface area contributed by atoms with Crippen LogP contribution in [0.4, 0.5) is 0 Å². The third kappa shape index (κ3) is 0.788. The van der Waals surface area contributed by atoms with Crippen molar-refractivity contribution in [3.8, 4) is 0 Å². The van der Waals surface area contributed by atoms with Crippen molar-refractivity contribution in [2.45, 2.75) is 0 Å². The van der Waals surface area contributed by atoms with E-state index >= 15 is 0 Å². The number of guanidine groups is 1. The summed E-state index contributed by atoms with van der Waals surface area (Å²) in [6.45, 7) is 0.763. The van der Waals surface area contributed by atoms with E-state index in [1.54, 1.807) is 6.20 Å². The van der Waals surface area contributed by atoms with Crippen LogP contribution >= 0.6 is 0 Å². The molecule has 0 unspecified atom stereocenters. The quantitative estimate of drug-likeness (QED) is 0.284. The lowest BCUT2D eigenvalue weighted by molar-refractivity contribution is 0.454. The van der Waals surface area contributed by atoms with Crippen LogP contribution in [0.2, 0.25) is 0 Å². The summed E-state index contributed by atoms with van der Waals surface area (Å²) in [4.78, 5) is 0. The molecule has 0 radical (unpaired) electrons. The maximum absolute atomic E-state index is 6.88. The Balaban J connectivity index is 2.48. The summed E-state index contributed by atoms with van der Waals surface area (Å²) >= 11 is 0. The van der Waals surface area contributed by atoms with Crippen LogP contribution in [0.25, 0.3) is 0 Å². The van der Waals surface area contributed by atoms with E-state index in [4.69, 9.17) is 11.1 Å². The molecule has 0 amide bonds. The predicted molar refractivity (Wildman–Crippen MR) is 30.9 cm³/mol. The van der Waals surface area contributed by atoms with Crippen molar-refractivity contribution in [3.63, 3.8) is 0 Å². The van der Waals surface area contributed by atoms with Gasteiger partial charge in [-0.05, 0) is 0 Å². The van der Waals surface area contributed by atoms with Gasteiger partial charge in [0.15, 0.2) is 0 Å². The molecule has 1 heterocycles. The fraction of sp³-hybridized carbons (Fsp3) is 0.250. The van der Waals surface area contributed by atoms with Gasteiger partial charge in [-0.1, -0.05) is 6.08 Å². The van der Waals surface area contributed by atoms with Crippen molar-refractivity contribution in [1.82, 2.24) is 10.4 Å². The van der Waals surface area contributed by atoms with Gasteiger partial charge >= 0.3 is 0 Å². The van der Waals surface area contributed by atoms with Gasteiger partial charge < -0.3 is 5.73 Å². The van der Waals surface area contributed by atoms with Gasteiger partial charge in [-0.25, -0.2) is 5.43 Å². The lowest BCUT2D eigenvalue weighted by atomic mass is 10.7. The second-order valence-corrected chi connectivity index (χ2v) is 1.50. The molecule has 0 spiro atoms. The Hall–Kier alpha value is -1.03. The van der Waals surface area contributed by atoms with Crippen LogP contribution in [0.1, 0.15) is 0 Å². The van der Waals surface area contributed by atoms with E-state index in [0.717, 1.165) is 6.54 Å². The van der Waals surface area contributed by atoms with E-state index < -0.39 is 0 Å². The number of nitrogens with zero attached hydrogens (tertiary/aromatic N) is 1. The molecule has 1 aliphatic rings. The predicted octanol–water partition coefficient (Wildman–Crippen LogP) is -0.786. The highest BCUT2D eigenvalue weighted by Crippen LogP contribution is 1.88. The second kappa shape index (κ2) is 1.83. The lowest BCUT2D eigenvalue weighted by Gasteiger charge is -2.11. The van der Waals surface area contributed by atoms with E-state index in [1.807, 2.05) is 6.08 Å². The molecule has 0 atom stereocenters. The summed E-state index contributed by atoms with van der Waals surface area (Å²) in [7, 11) is 0. The fourth-order valence-corrected chi connectivity index (χ4v) is 0.527. The number of rotatable bonds is 0. The normalized spacial score (nSPS) is 17.2. The van der Waals surface area contributed by atoms with Crippen molar-refractivity contribution in [1.29, 1.82) is 5.41 Å². The van der Waals surface area contributed by atoms with Gasteiger partial charge in [0.1, 0.15) is 0 Å². The molecule has 0 fully saturated rings. The molecule has 0 bridgehead atoms. The van der Waals surface area contributed by atoms with Gasteiger partial charge in [0.05, 0.1) is 0 Å². The largest absolute Gasteiger partial charge is 0.369 e. The van der Waals surface area contributed by atoms with E-state index in [9.17, 15) is 0 Å². The second-order valence-electron chi connectivity index (χ2n) is 1.50. The summed E-state index contributed by atoms with van der Waals surface area (Å²) in [5.41, 5.74) is 7.92. The molecule has 0 aromatic heterocycles. The highest BCUT2D eigenvalue weighted by molar-refractivity contribution is 5.75. The van der Waals surface area contributed by atoms with E-state index in [2.05, 4.69) is 5.43 Å². The summed E-state index contributed by atoms with van der Waals surface area (Å²) in [6.07, 6.45) is 3.61. The Morgan fingerprint density at radius 2 is 2.62 bits per heavy atom. The highest BCUT2D eigenvalue weighted by Gasteiger charge is 2.03. The third-order valence-electron chi connectivity index (χ3n) is 0.893. The lowest BCUT2D eigenvalue weighted by Crippen LogP contribution is -2.39. The molecule has 4 heteroatoms. The Kier molecular flexibility index (Phi) is 1.17. The van der Waals surface area contributed by atoms with Crippen LogP contribution in [0.3, 0.4) is 0 Å². The number of hydrazine groups is 1. The molecule has 8 heavy (non-hydrogen) atoms. The molecule has 1 aliphatic heterocycles. The molecule has 0 aliphatic carbocycles. The standard InChI is InChI=1S/C4H8N4/c5-4(6)8-3-1-2-7-8/h1,3,7H,2H2,(H3,5,6). The van der Waals surface area contributed by atoms with Crippen molar-refractivity contribution >= 4 is 5.96 Å². The zero-order valence-electron chi connectivity index (χ0n) is 4.39. The van der Waals surface area contributed by atoms with Crippen molar-refractivity contribution in [2.24, 2.45) is 5.73 Å². The van der Waals surface area contributed by atoms with E-state index in [0.29, 0.717) is 0 Å². The zero-order chi connectivity index (χ0) is 5.98. The van der Waals surface area contributed by atoms with Gasteiger partial charge in [0.2, 0.25) is 5.96 Å². The average Bonchev–Trinajstić information content (AvgIpc) is 2.12. The number of nitrogens with two attached hydrogens (primary N) is 1. The van der Waals surface area contributed by atoms with Crippen LogP contribution in [-0.4, -0.2) is 17.5 Å². The Morgan fingerprint density at radius 1 is 1.88 bits per heavy atom. The summed E-state index contributed by atoms with van der Waals surface area (Å²) in [6, 6.07) is 0. The van der Waals surface area contributed by atoms with Gasteiger partial charge in [-0.2, -0.15) is 0 Å². The molecule has 4 N–H and O–H groups in total. The number of hydrogen-bond donors (Lipinski definition) is 3. The SMILES string of the molecule is N=C(N)N1C=CCN1. The zero-order valence-corrected chi connectivity index (χ0v) is 4.39. The minimum absolute atomic E-state index is 0.0266. The molecule has 0 saturated carbocycles. The van der Waals surface area contributed by atoms with Gasteiger partial charge in [0.25, 0.3) is 0 Å². The van der Waals surface area contributed by atoms with E-state index in [-0.39, 0.29) is 5.96 Å². The smallest absolute Gasteiger partial charge is 0.207 e. The Labute approximate surface area is 47.4 Å². The minimum Gasteiger partial charge on any atom is -0.369 e. The number of hydrogen-bond acceptors (Lipinski definition) is 2. The molecule has 4 nitrogen and oxygen atoms in total. The average molecular weight is 112 g/mol. The van der Waals surface area contributed by atoms with Crippen LogP contribution in [0, 0.1) is 5.41 Å². The molecule has 0 saturated heterocycles. The first kappa shape index (κ1) is 5.11. The van der Waals surface area contributed by atoms with Crippen LogP contribution in [0.15, 0.2) is 12.3 Å².